The van der Waals surface area contributed by atoms with Crippen LogP contribution in [-0.2, 0) is 29.2 Å². The third kappa shape index (κ3) is 11.3. The summed E-state index contributed by atoms with van der Waals surface area (Å²) in [5, 5.41) is 2.69. The minimum absolute atomic E-state index is 0.00640. The van der Waals surface area contributed by atoms with Crippen molar-refractivity contribution < 1.29 is 47.4 Å². The van der Waals surface area contributed by atoms with Crippen molar-refractivity contribution in [1.82, 2.24) is 24.2 Å². The summed E-state index contributed by atoms with van der Waals surface area (Å²) < 4.78 is 47.9. The number of benzene rings is 4. The number of nitrogens with one attached hydrogen (secondary N) is 2. The third-order valence-corrected chi connectivity index (χ3v) is 14.8. The summed E-state index contributed by atoms with van der Waals surface area (Å²) in [6, 6.07) is 31.7. The van der Waals surface area contributed by atoms with Crippen molar-refractivity contribution in [3.8, 4) is 23.0 Å². The largest absolute Gasteiger partial charge is 0.497 e. The van der Waals surface area contributed by atoms with E-state index >= 15 is 0 Å². The number of anilines is 1. The van der Waals surface area contributed by atoms with E-state index in [-0.39, 0.29) is 72.6 Å². The molecule has 7 rings (SSSR count). The number of methoxy groups -OCH3 is 2. The first-order chi connectivity index (χ1) is 33.1. The van der Waals surface area contributed by atoms with Gasteiger partial charge < -0.3 is 28.4 Å². The predicted octanol–water partition coefficient (Wildman–Crippen LogP) is 8.29. The molecule has 0 radical (unpaired) electrons. The van der Waals surface area contributed by atoms with Crippen LogP contribution in [0, 0.1) is 5.92 Å². The van der Waals surface area contributed by atoms with E-state index in [9.17, 15) is 19.3 Å². The number of imidazole rings is 1. The van der Waals surface area contributed by atoms with Crippen LogP contribution in [0.4, 0.5) is 5.95 Å². The van der Waals surface area contributed by atoms with E-state index < -0.39 is 43.4 Å². The normalized spacial score (nSPS) is 17.1. The first-order valence-corrected chi connectivity index (χ1v) is 24.8. The fourth-order valence-corrected chi connectivity index (χ4v) is 11.6. The predicted molar refractivity (Wildman–Crippen MR) is 263 cm³/mol. The Morgan fingerprint density at radius 3 is 2.01 bits per heavy atom. The van der Waals surface area contributed by atoms with Crippen LogP contribution in [0.5, 0.6) is 23.0 Å². The number of para-hydroxylation sites is 2. The fraction of sp³-hybridized carbons (Fsp3) is 0.392. The number of carbonyl (C=O) groups excluding carboxylic acids is 2. The van der Waals surface area contributed by atoms with Gasteiger partial charge in [-0.25, -0.2) is 9.88 Å². The van der Waals surface area contributed by atoms with Crippen molar-refractivity contribution in [2.45, 2.75) is 91.0 Å². The molecule has 1 unspecified atom stereocenters. The number of nitrogens with zero attached hydrogens (tertiary/aromatic N) is 4. The summed E-state index contributed by atoms with van der Waals surface area (Å²) >= 11 is 0. The van der Waals surface area contributed by atoms with Gasteiger partial charge in [-0.15, -0.1) is 4.67 Å². The molecule has 1 amide bonds. The molecule has 0 bridgehead atoms. The average Bonchev–Trinajstić information content (AvgIpc) is 3.94. The van der Waals surface area contributed by atoms with E-state index in [4.69, 9.17) is 32.9 Å². The van der Waals surface area contributed by atoms with Crippen LogP contribution in [0.25, 0.3) is 11.2 Å². The second kappa shape index (κ2) is 22.0. The standard InChI is InChI=1S/C51H61N6O11P/c1-32(2)48(59)54-50-53-47-46(49(60)55-50)52-31-56(47)45-29-43(68-69(61,57(33(3)4)34(5)6)28-27-64-41-17-13-14-18-42(41)66-35(7)58)44(67-45)30-65-51(36-15-11-10-12-16-36,37-19-23-39(62-8)24-20-37)38-21-25-40(63-9)26-22-38/h10-26,31-34,43-45,61H,27-30H2,1-9H3,(H-,53,54,55,59,60)/p+1/t43-,44+,45+,69?/m0/s1. The summed E-state index contributed by atoms with van der Waals surface area (Å²) in [7, 11) is -0.385. The Morgan fingerprint density at radius 1 is 0.870 bits per heavy atom. The maximum Gasteiger partial charge on any atom is 0.349 e. The zero-order valence-corrected chi connectivity index (χ0v) is 41.3. The molecule has 1 fully saturated rings. The number of ether oxygens (including phenoxy) is 6. The molecule has 4 atom stereocenters. The lowest BCUT2D eigenvalue weighted by Gasteiger charge is -2.38. The van der Waals surface area contributed by atoms with Crippen LogP contribution < -0.4 is 29.8 Å². The van der Waals surface area contributed by atoms with E-state index in [2.05, 4.69) is 20.3 Å². The Kier molecular flexibility index (Phi) is 16.2. The van der Waals surface area contributed by atoms with Crippen LogP contribution in [0.15, 0.2) is 114 Å². The highest BCUT2D eigenvalue weighted by molar-refractivity contribution is 7.63. The van der Waals surface area contributed by atoms with E-state index in [1.165, 1.54) is 13.3 Å². The van der Waals surface area contributed by atoms with Crippen LogP contribution in [-0.4, -0.2) is 98.8 Å². The smallest absolute Gasteiger partial charge is 0.349 e. The second-order valence-corrected chi connectivity index (χ2v) is 20.0. The van der Waals surface area contributed by atoms with E-state index in [0.717, 1.165) is 16.7 Å². The van der Waals surface area contributed by atoms with Gasteiger partial charge in [0.2, 0.25) is 11.9 Å². The molecule has 1 saturated heterocycles. The lowest BCUT2D eigenvalue weighted by Crippen LogP contribution is -2.43. The van der Waals surface area contributed by atoms with Crippen molar-refractivity contribution in [2.24, 2.45) is 5.92 Å². The molecular weight excluding hydrogens is 904 g/mol. The number of hydrogen-bond acceptors (Lipinski definition) is 14. The summed E-state index contributed by atoms with van der Waals surface area (Å²) in [6.07, 6.45) is -0.834. The van der Waals surface area contributed by atoms with Crippen molar-refractivity contribution in [3.05, 3.63) is 136 Å². The number of fused-ring (bicyclic) bond motifs is 1. The van der Waals surface area contributed by atoms with Gasteiger partial charge in [0.1, 0.15) is 42.1 Å². The van der Waals surface area contributed by atoms with Crippen LogP contribution in [0.3, 0.4) is 0 Å². The van der Waals surface area contributed by atoms with Crippen LogP contribution in [0.2, 0.25) is 0 Å². The summed E-state index contributed by atoms with van der Waals surface area (Å²) in [5.41, 5.74) is 0.863. The Labute approximate surface area is 402 Å². The zero-order chi connectivity index (χ0) is 49.5. The van der Waals surface area contributed by atoms with Gasteiger partial charge in [-0.3, -0.25) is 29.3 Å². The average molecular weight is 966 g/mol. The van der Waals surface area contributed by atoms with Gasteiger partial charge in [0, 0.05) is 31.3 Å². The van der Waals surface area contributed by atoms with Crippen molar-refractivity contribution >= 4 is 36.9 Å². The summed E-state index contributed by atoms with van der Waals surface area (Å²) in [6.45, 7) is 12.7. The molecule has 4 aromatic carbocycles. The topological polar surface area (TPSA) is 198 Å². The maximum absolute atomic E-state index is 13.4. The molecule has 0 saturated carbocycles. The Balaban J connectivity index is 1.32. The molecular formula is C51H62N6O11P+. The molecule has 1 aliphatic heterocycles. The Morgan fingerprint density at radius 2 is 1.45 bits per heavy atom. The van der Waals surface area contributed by atoms with Gasteiger partial charge in [-0.2, -0.15) is 9.51 Å². The van der Waals surface area contributed by atoms with Crippen LogP contribution in [0.1, 0.15) is 77.8 Å². The minimum Gasteiger partial charge on any atom is -0.497 e. The highest BCUT2D eigenvalue weighted by Crippen LogP contribution is 2.63. The molecule has 0 spiro atoms. The van der Waals surface area contributed by atoms with Gasteiger partial charge >= 0.3 is 13.8 Å². The SMILES string of the molecule is COc1ccc(C(OC[C@H]2O[C@@H](n3cnc4c(=O)[nH]c(NC(=O)C(C)C)nc43)C[C@@H]2O[P+](O)(CCOc2ccccc2OC(C)=O)N(C(C)C)C(C)C)(c2ccccc2)c2ccc(OC)cc2)cc1. The van der Waals surface area contributed by atoms with Gasteiger partial charge in [0.05, 0.1) is 27.2 Å². The number of hydrogen-bond donors (Lipinski definition) is 3. The number of H-pyrrole nitrogens is 1. The lowest BCUT2D eigenvalue weighted by atomic mass is 9.80. The number of aromatic nitrogens is 4. The molecule has 0 aliphatic carbocycles. The maximum atomic E-state index is 13.4. The molecule has 18 heteroatoms. The van der Waals surface area contributed by atoms with Crippen molar-refractivity contribution in [3.63, 3.8) is 0 Å². The molecule has 69 heavy (non-hydrogen) atoms. The second-order valence-electron chi connectivity index (χ2n) is 17.6. The van der Waals surface area contributed by atoms with Gasteiger partial charge in [0.15, 0.2) is 28.8 Å². The number of rotatable bonds is 21. The summed E-state index contributed by atoms with van der Waals surface area (Å²) in [5.74, 6) is 0.686. The van der Waals surface area contributed by atoms with E-state index in [1.54, 1.807) is 56.9 Å². The first-order valence-electron chi connectivity index (χ1n) is 23.0. The molecule has 3 N–H and O–H groups in total. The highest BCUT2D eigenvalue weighted by atomic mass is 31.2. The number of aromatic amines is 1. The van der Waals surface area contributed by atoms with Gasteiger partial charge in [-0.05, 0) is 80.8 Å². The number of esters is 1. The molecule has 3 heterocycles. The quantitative estimate of drug-likeness (QED) is 0.0270. The van der Waals surface area contributed by atoms with Crippen molar-refractivity contribution in [2.75, 3.05) is 38.9 Å². The Bertz CT molecular complexity index is 2680. The number of carbonyl (C=O) groups is 2. The van der Waals surface area contributed by atoms with E-state index in [1.807, 2.05) is 111 Å². The molecule has 1 aliphatic rings. The highest BCUT2D eigenvalue weighted by Gasteiger charge is 2.55. The number of amides is 1. The van der Waals surface area contributed by atoms with Gasteiger partial charge in [-0.1, -0.05) is 80.6 Å². The molecule has 2 aromatic heterocycles. The fourth-order valence-electron chi connectivity index (χ4n) is 8.71. The monoisotopic (exact) mass is 965 g/mol. The van der Waals surface area contributed by atoms with Crippen LogP contribution >= 0.6 is 7.87 Å². The van der Waals surface area contributed by atoms with Gasteiger partial charge in [0.25, 0.3) is 5.56 Å². The molecule has 6 aromatic rings. The zero-order valence-electron chi connectivity index (χ0n) is 40.5. The van der Waals surface area contributed by atoms with E-state index in [0.29, 0.717) is 17.2 Å². The molecule has 366 valence electrons. The first kappa shape index (κ1) is 50.7. The minimum atomic E-state index is -3.61. The third-order valence-electron chi connectivity index (χ3n) is 11.8. The lowest BCUT2D eigenvalue weighted by molar-refractivity contribution is -0.132. The Hall–Kier alpha value is -6.20. The van der Waals surface area contributed by atoms with Crippen molar-refractivity contribution in [1.29, 1.82) is 0 Å². The molecule has 17 nitrogen and oxygen atoms in total. The summed E-state index contributed by atoms with van der Waals surface area (Å²) in [4.78, 5) is 62.9.